The zero-order valence-electron chi connectivity index (χ0n) is 18.2. The van der Waals surface area contributed by atoms with Crippen molar-refractivity contribution in [1.82, 2.24) is 0 Å². The van der Waals surface area contributed by atoms with Crippen molar-refractivity contribution in [2.75, 3.05) is 42.0 Å². The van der Waals surface area contributed by atoms with Crippen LogP contribution in [0, 0.1) is 0 Å². The van der Waals surface area contributed by atoms with Gasteiger partial charge < -0.3 is 28.4 Å². The molecule has 0 saturated carbocycles. The van der Waals surface area contributed by atoms with E-state index in [0.29, 0.717) is 13.2 Å². The molecule has 2 aromatic rings. The van der Waals surface area contributed by atoms with Gasteiger partial charge in [0.15, 0.2) is 13.6 Å². The van der Waals surface area contributed by atoms with Crippen LogP contribution in [0.15, 0.2) is 36.4 Å². The summed E-state index contributed by atoms with van der Waals surface area (Å²) in [6.07, 6.45) is 0. The van der Waals surface area contributed by atoms with Gasteiger partial charge in [-0.15, -0.1) is 0 Å². The van der Waals surface area contributed by atoms with E-state index in [4.69, 9.17) is 28.4 Å². The van der Waals surface area contributed by atoms with Gasteiger partial charge >= 0.3 is 0 Å². The van der Waals surface area contributed by atoms with Gasteiger partial charge in [0, 0.05) is 39.4 Å². The van der Waals surface area contributed by atoms with Gasteiger partial charge in [0.05, 0.1) is 13.2 Å². The Balaban J connectivity index is 2.48. The molecule has 0 N–H and O–H groups in total. The monoisotopic (exact) mass is 404 g/mol. The van der Waals surface area contributed by atoms with E-state index in [1.165, 1.54) is 0 Å². The maximum atomic E-state index is 5.77. The third kappa shape index (κ3) is 5.70. The van der Waals surface area contributed by atoms with Crippen LogP contribution in [0.4, 0.5) is 0 Å². The van der Waals surface area contributed by atoms with Crippen molar-refractivity contribution in [1.29, 1.82) is 0 Å². The molecule has 0 spiro atoms. The molecule has 0 aromatic heterocycles. The number of ether oxygens (including phenoxy) is 6. The second-order valence-corrected chi connectivity index (χ2v) is 7.19. The van der Waals surface area contributed by atoms with E-state index >= 15 is 0 Å². The summed E-state index contributed by atoms with van der Waals surface area (Å²) in [5, 5.41) is 0. The molecule has 6 nitrogen and oxygen atoms in total. The Bertz CT molecular complexity index is 755. The first-order valence-electron chi connectivity index (χ1n) is 9.46. The SMILES string of the molecule is COCOc1ccc(C(C)(C)c2ccc(OCOC)c(COC)c2COC)cc1. The molecule has 0 saturated heterocycles. The van der Waals surface area contributed by atoms with E-state index in [2.05, 4.69) is 32.0 Å². The van der Waals surface area contributed by atoms with E-state index in [-0.39, 0.29) is 19.0 Å². The summed E-state index contributed by atoms with van der Waals surface area (Å²) in [6, 6.07) is 12.1. The van der Waals surface area contributed by atoms with Crippen LogP contribution in [0.5, 0.6) is 11.5 Å². The van der Waals surface area contributed by atoms with Crippen LogP contribution in [-0.2, 0) is 37.6 Å². The number of rotatable bonds is 12. The molecule has 0 heterocycles. The summed E-state index contributed by atoms with van der Waals surface area (Å²) in [5.41, 5.74) is 4.08. The highest BCUT2D eigenvalue weighted by Crippen LogP contribution is 2.39. The normalized spacial score (nSPS) is 11.5. The van der Waals surface area contributed by atoms with Crippen LogP contribution in [-0.4, -0.2) is 42.0 Å². The molecule has 29 heavy (non-hydrogen) atoms. The number of methoxy groups -OCH3 is 4. The predicted octanol–water partition coefficient (Wildman–Crippen LogP) is 4.27. The summed E-state index contributed by atoms with van der Waals surface area (Å²) in [6.45, 7) is 5.67. The van der Waals surface area contributed by atoms with Crippen molar-refractivity contribution >= 4 is 0 Å². The molecule has 0 amide bonds. The third-order valence-electron chi connectivity index (χ3n) is 4.89. The standard InChI is InChI=1S/C23H32O6/c1-23(2,17-7-9-18(10-8-17)28-15-26-5)21-11-12-22(29-16-27-6)20(14-25-4)19(21)13-24-3/h7-12H,13-16H2,1-6H3. The van der Waals surface area contributed by atoms with E-state index < -0.39 is 0 Å². The molecule has 0 unspecified atom stereocenters. The van der Waals surface area contributed by atoms with Crippen LogP contribution in [0.3, 0.4) is 0 Å². The third-order valence-corrected chi connectivity index (χ3v) is 4.89. The van der Waals surface area contributed by atoms with Crippen molar-refractivity contribution in [2.24, 2.45) is 0 Å². The second kappa shape index (κ2) is 11.2. The summed E-state index contributed by atoms with van der Waals surface area (Å²) in [7, 11) is 6.57. The van der Waals surface area contributed by atoms with Crippen molar-refractivity contribution in [3.63, 3.8) is 0 Å². The summed E-state index contributed by atoms with van der Waals surface area (Å²) >= 11 is 0. The topological polar surface area (TPSA) is 55.4 Å². The molecule has 0 aliphatic heterocycles. The van der Waals surface area contributed by atoms with Gasteiger partial charge in [0.25, 0.3) is 0 Å². The molecule has 2 rings (SSSR count). The van der Waals surface area contributed by atoms with Crippen LogP contribution in [0.25, 0.3) is 0 Å². The lowest BCUT2D eigenvalue weighted by Crippen LogP contribution is -2.23. The quantitative estimate of drug-likeness (QED) is 0.493. The minimum atomic E-state index is -0.268. The lowest BCUT2D eigenvalue weighted by Gasteiger charge is -2.30. The van der Waals surface area contributed by atoms with Crippen LogP contribution < -0.4 is 9.47 Å². The highest BCUT2D eigenvalue weighted by atomic mass is 16.7. The van der Waals surface area contributed by atoms with Crippen LogP contribution >= 0.6 is 0 Å². The van der Waals surface area contributed by atoms with Gasteiger partial charge in [-0.25, -0.2) is 0 Å². The molecular weight excluding hydrogens is 372 g/mol. The van der Waals surface area contributed by atoms with E-state index in [9.17, 15) is 0 Å². The van der Waals surface area contributed by atoms with E-state index in [1.54, 1.807) is 28.4 Å². The number of hydrogen-bond acceptors (Lipinski definition) is 6. The van der Waals surface area contributed by atoms with Crippen molar-refractivity contribution in [3.05, 3.63) is 58.7 Å². The number of hydrogen-bond donors (Lipinski definition) is 0. The minimum absolute atomic E-state index is 0.175. The molecule has 0 bridgehead atoms. The van der Waals surface area contributed by atoms with Crippen LogP contribution in [0.2, 0.25) is 0 Å². The summed E-state index contributed by atoms with van der Waals surface area (Å²) in [4.78, 5) is 0. The van der Waals surface area contributed by atoms with Gasteiger partial charge in [-0.05, 0) is 34.9 Å². The van der Waals surface area contributed by atoms with Crippen molar-refractivity contribution < 1.29 is 28.4 Å². The lowest BCUT2D eigenvalue weighted by molar-refractivity contribution is 0.0484. The average molecular weight is 405 g/mol. The Morgan fingerprint density at radius 1 is 0.655 bits per heavy atom. The van der Waals surface area contributed by atoms with Gasteiger partial charge in [-0.3, -0.25) is 0 Å². The second-order valence-electron chi connectivity index (χ2n) is 7.19. The van der Waals surface area contributed by atoms with Gasteiger partial charge in [0.2, 0.25) is 0 Å². The predicted molar refractivity (Wildman–Crippen MR) is 111 cm³/mol. The maximum absolute atomic E-state index is 5.77. The zero-order valence-corrected chi connectivity index (χ0v) is 18.2. The Morgan fingerprint density at radius 3 is 1.83 bits per heavy atom. The molecule has 0 aliphatic carbocycles. The maximum Gasteiger partial charge on any atom is 0.188 e. The fraction of sp³-hybridized carbons (Fsp3) is 0.478. The highest BCUT2D eigenvalue weighted by molar-refractivity contribution is 5.51. The van der Waals surface area contributed by atoms with Crippen molar-refractivity contribution in [3.8, 4) is 11.5 Å². The molecule has 2 aromatic carbocycles. The summed E-state index contributed by atoms with van der Waals surface area (Å²) in [5.74, 6) is 1.51. The molecule has 0 aliphatic rings. The van der Waals surface area contributed by atoms with Gasteiger partial charge in [0.1, 0.15) is 11.5 Å². The van der Waals surface area contributed by atoms with Gasteiger partial charge in [-0.2, -0.15) is 0 Å². The molecule has 6 heteroatoms. The first-order valence-corrected chi connectivity index (χ1v) is 9.46. The molecule has 0 atom stereocenters. The molecule has 0 fully saturated rings. The summed E-state index contributed by atoms with van der Waals surface area (Å²) < 4.78 is 32.3. The number of benzene rings is 2. The fourth-order valence-electron chi connectivity index (χ4n) is 3.38. The van der Waals surface area contributed by atoms with Gasteiger partial charge in [-0.1, -0.05) is 32.0 Å². The van der Waals surface area contributed by atoms with E-state index in [1.807, 2.05) is 18.2 Å². The molecular formula is C23H32O6. The largest absolute Gasteiger partial charge is 0.468 e. The van der Waals surface area contributed by atoms with Crippen molar-refractivity contribution in [2.45, 2.75) is 32.5 Å². The zero-order chi connectivity index (χ0) is 21.3. The Kier molecular flexibility index (Phi) is 8.92. The minimum Gasteiger partial charge on any atom is -0.468 e. The Labute approximate surface area is 173 Å². The molecule has 160 valence electrons. The van der Waals surface area contributed by atoms with E-state index in [0.717, 1.165) is 33.8 Å². The fourth-order valence-corrected chi connectivity index (χ4v) is 3.38. The average Bonchev–Trinajstić information content (AvgIpc) is 2.72. The first kappa shape index (κ1) is 23.2. The molecule has 0 radical (unpaired) electrons. The smallest absolute Gasteiger partial charge is 0.188 e. The Hall–Kier alpha value is -2.12. The lowest BCUT2D eigenvalue weighted by atomic mass is 9.75. The first-order chi connectivity index (χ1) is 14.0. The highest BCUT2D eigenvalue weighted by Gasteiger charge is 2.28. The Morgan fingerprint density at radius 2 is 1.24 bits per heavy atom. The van der Waals surface area contributed by atoms with Crippen LogP contribution in [0.1, 0.15) is 36.1 Å².